The Labute approximate surface area is 184 Å². The number of carbonyl (C=O) groups is 1. The Morgan fingerprint density at radius 2 is 1.70 bits per heavy atom. The van der Waals surface area contributed by atoms with Gasteiger partial charge < -0.3 is 19.5 Å². The van der Waals surface area contributed by atoms with E-state index in [1.54, 1.807) is 11.0 Å². The largest absolute Gasteiger partial charge is 0.362 e. The number of carbonyl (C=O) groups excluding carboxylic acids is 1. The molecule has 0 unspecified atom stereocenters. The maximum atomic E-state index is 12.3. The Morgan fingerprint density at radius 1 is 1.13 bits per heavy atom. The molecule has 1 fully saturated rings. The van der Waals surface area contributed by atoms with Gasteiger partial charge in [0.25, 0.3) is 0 Å². The Balaban J connectivity index is 1.36. The van der Waals surface area contributed by atoms with E-state index in [1.807, 2.05) is 55.5 Å². The molecule has 0 radical (unpaired) electrons. The Morgan fingerprint density at radius 3 is 2.20 bits per heavy atom. The van der Waals surface area contributed by atoms with Crippen molar-refractivity contribution in [2.24, 2.45) is 0 Å². The fraction of sp³-hybridized carbons (Fsp3) is 0.273. The molecule has 6 nitrogen and oxygen atoms in total. The van der Waals surface area contributed by atoms with Crippen molar-refractivity contribution in [2.75, 3.05) is 13.1 Å². The SMILES string of the molecule is Cc1cc(CNC(=O)N2CC(OC(c3ccc(Cl)cc3)c3ccc(Cl)cc3)C2)no1. The summed E-state index contributed by atoms with van der Waals surface area (Å²) in [6.45, 7) is 3.17. The van der Waals surface area contributed by atoms with Crippen LogP contribution in [-0.4, -0.2) is 35.3 Å². The number of amides is 2. The molecule has 1 aliphatic heterocycles. The molecule has 3 aromatic rings. The van der Waals surface area contributed by atoms with E-state index in [0.717, 1.165) is 11.1 Å². The van der Waals surface area contributed by atoms with E-state index in [9.17, 15) is 4.79 Å². The predicted molar refractivity (Wildman–Crippen MR) is 115 cm³/mol. The maximum Gasteiger partial charge on any atom is 0.317 e. The maximum absolute atomic E-state index is 12.3. The average molecular weight is 446 g/mol. The number of nitrogens with one attached hydrogen (secondary N) is 1. The number of urea groups is 1. The van der Waals surface area contributed by atoms with Crippen LogP contribution in [0.3, 0.4) is 0 Å². The minimum absolute atomic E-state index is 0.0681. The summed E-state index contributed by atoms with van der Waals surface area (Å²) in [5.41, 5.74) is 2.68. The summed E-state index contributed by atoms with van der Waals surface area (Å²) in [5.74, 6) is 0.715. The van der Waals surface area contributed by atoms with Crippen molar-refractivity contribution in [2.45, 2.75) is 25.7 Å². The summed E-state index contributed by atoms with van der Waals surface area (Å²) in [6.07, 6.45) is -0.339. The first-order chi connectivity index (χ1) is 14.5. The lowest BCUT2D eigenvalue weighted by Gasteiger charge is -2.40. The van der Waals surface area contributed by atoms with Gasteiger partial charge in [-0.1, -0.05) is 52.6 Å². The molecule has 2 amide bonds. The molecular formula is C22H21Cl2N3O3. The third-order valence-electron chi connectivity index (χ3n) is 4.91. The summed E-state index contributed by atoms with van der Waals surface area (Å²) in [5, 5.41) is 8.05. The smallest absolute Gasteiger partial charge is 0.317 e. The van der Waals surface area contributed by atoms with Crippen LogP contribution in [0.1, 0.15) is 28.7 Å². The van der Waals surface area contributed by atoms with Crippen molar-refractivity contribution in [1.82, 2.24) is 15.4 Å². The molecule has 0 spiro atoms. The number of halogens is 2. The first-order valence-electron chi connectivity index (χ1n) is 9.59. The Kier molecular flexibility index (Phi) is 6.27. The fourth-order valence-electron chi connectivity index (χ4n) is 3.29. The zero-order chi connectivity index (χ0) is 21.1. The van der Waals surface area contributed by atoms with Crippen LogP contribution in [-0.2, 0) is 11.3 Å². The number of ether oxygens (including phenoxy) is 1. The topological polar surface area (TPSA) is 67.6 Å². The van der Waals surface area contributed by atoms with Crippen LogP contribution in [0, 0.1) is 6.92 Å². The second-order valence-corrected chi connectivity index (χ2v) is 8.11. The predicted octanol–water partition coefficient (Wildman–Crippen LogP) is 4.99. The molecule has 1 aromatic heterocycles. The highest BCUT2D eigenvalue weighted by atomic mass is 35.5. The van der Waals surface area contributed by atoms with Crippen LogP contribution in [0.5, 0.6) is 0 Å². The zero-order valence-corrected chi connectivity index (χ0v) is 17.9. The monoisotopic (exact) mass is 445 g/mol. The number of aryl methyl sites for hydroxylation is 1. The van der Waals surface area contributed by atoms with E-state index in [1.165, 1.54) is 0 Å². The number of hydrogen-bond acceptors (Lipinski definition) is 4. The lowest BCUT2D eigenvalue weighted by molar-refractivity contribution is -0.0646. The van der Waals surface area contributed by atoms with Crippen LogP contribution >= 0.6 is 23.2 Å². The minimum Gasteiger partial charge on any atom is -0.362 e. The van der Waals surface area contributed by atoms with Crippen LogP contribution < -0.4 is 5.32 Å². The molecule has 4 rings (SSSR count). The fourth-order valence-corrected chi connectivity index (χ4v) is 3.54. The third-order valence-corrected chi connectivity index (χ3v) is 5.41. The van der Waals surface area contributed by atoms with Gasteiger partial charge in [0.05, 0.1) is 25.7 Å². The van der Waals surface area contributed by atoms with Crippen molar-refractivity contribution < 1.29 is 14.1 Å². The summed E-state index contributed by atoms with van der Waals surface area (Å²) < 4.78 is 11.4. The molecule has 8 heteroatoms. The molecule has 0 saturated carbocycles. The van der Waals surface area contributed by atoms with Crippen LogP contribution in [0.4, 0.5) is 4.79 Å². The van der Waals surface area contributed by atoms with Crippen LogP contribution in [0.2, 0.25) is 10.0 Å². The van der Waals surface area contributed by atoms with Gasteiger partial charge in [0.15, 0.2) is 0 Å². The number of rotatable bonds is 6. The second kappa shape index (κ2) is 9.08. The number of hydrogen-bond donors (Lipinski definition) is 1. The number of likely N-dealkylation sites (tertiary alicyclic amines) is 1. The van der Waals surface area contributed by atoms with E-state index < -0.39 is 0 Å². The van der Waals surface area contributed by atoms with Gasteiger partial charge in [0.2, 0.25) is 0 Å². The van der Waals surface area contributed by atoms with Crippen molar-refractivity contribution in [3.63, 3.8) is 0 Å². The summed E-state index contributed by atoms with van der Waals surface area (Å²) >= 11 is 12.1. The van der Waals surface area contributed by atoms with Crippen molar-refractivity contribution >= 4 is 29.2 Å². The molecule has 0 bridgehead atoms. The molecule has 1 aliphatic rings. The van der Waals surface area contributed by atoms with Crippen molar-refractivity contribution in [1.29, 1.82) is 0 Å². The van der Waals surface area contributed by atoms with E-state index in [0.29, 0.717) is 41.1 Å². The van der Waals surface area contributed by atoms with Crippen molar-refractivity contribution in [3.05, 3.63) is 87.2 Å². The molecule has 30 heavy (non-hydrogen) atoms. The van der Waals surface area contributed by atoms with Crippen molar-refractivity contribution in [3.8, 4) is 0 Å². The molecule has 1 saturated heterocycles. The molecule has 2 aromatic carbocycles. The number of benzene rings is 2. The normalized spacial score (nSPS) is 14.1. The van der Waals surface area contributed by atoms with Gasteiger partial charge in [0, 0.05) is 16.1 Å². The first-order valence-corrected chi connectivity index (χ1v) is 10.3. The quantitative estimate of drug-likeness (QED) is 0.580. The van der Waals surface area contributed by atoms with Gasteiger partial charge in [-0.05, 0) is 42.3 Å². The zero-order valence-electron chi connectivity index (χ0n) is 16.3. The van der Waals surface area contributed by atoms with Gasteiger partial charge in [0.1, 0.15) is 17.6 Å². The van der Waals surface area contributed by atoms with E-state index in [2.05, 4.69) is 10.5 Å². The average Bonchev–Trinajstić information content (AvgIpc) is 3.12. The van der Waals surface area contributed by atoms with Gasteiger partial charge in [-0.25, -0.2) is 4.79 Å². The van der Waals surface area contributed by atoms with Gasteiger partial charge in [-0.3, -0.25) is 0 Å². The molecule has 1 N–H and O–H groups in total. The highest BCUT2D eigenvalue weighted by Crippen LogP contribution is 2.31. The summed E-state index contributed by atoms with van der Waals surface area (Å²) in [4.78, 5) is 14.0. The molecular weight excluding hydrogens is 425 g/mol. The highest BCUT2D eigenvalue weighted by molar-refractivity contribution is 6.30. The molecule has 2 heterocycles. The standard InChI is InChI=1S/C22H21Cl2N3O3/c1-14-10-19(26-30-14)11-25-22(28)27-12-20(13-27)29-21(15-2-6-17(23)7-3-15)16-4-8-18(24)9-5-16/h2-10,20-21H,11-13H2,1H3,(H,25,28). The number of nitrogens with zero attached hydrogens (tertiary/aromatic N) is 2. The molecule has 0 atom stereocenters. The second-order valence-electron chi connectivity index (χ2n) is 7.23. The van der Waals surface area contributed by atoms with Gasteiger partial charge >= 0.3 is 6.03 Å². The van der Waals surface area contributed by atoms with Crippen LogP contribution in [0.25, 0.3) is 0 Å². The van der Waals surface area contributed by atoms with Gasteiger partial charge in [-0.15, -0.1) is 0 Å². The first kappa shape index (κ1) is 20.7. The lowest BCUT2D eigenvalue weighted by Crippen LogP contribution is -2.57. The minimum atomic E-state index is -0.271. The summed E-state index contributed by atoms with van der Waals surface area (Å²) in [6, 6.07) is 16.8. The third kappa shape index (κ3) is 4.95. The lowest BCUT2D eigenvalue weighted by atomic mass is 10.0. The summed E-state index contributed by atoms with van der Waals surface area (Å²) in [7, 11) is 0. The van der Waals surface area contributed by atoms with Gasteiger partial charge in [-0.2, -0.15) is 0 Å². The molecule has 156 valence electrons. The van der Waals surface area contributed by atoms with Crippen LogP contribution in [0.15, 0.2) is 59.1 Å². The highest BCUT2D eigenvalue weighted by Gasteiger charge is 2.34. The van der Waals surface area contributed by atoms with E-state index in [-0.39, 0.29) is 18.2 Å². The van der Waals surface area contributed by atoms with E-state index in [4.69, 9.17) is 32.5 Å². The Bertz CT molecular complexity index is 954. The molecule has 0 aliphatic carbocycles. The Hall–Kier alpha value is -2.54. The number of aromatic nitrogens is 1. The van der Waals surface area contributed by atoms with E-state index >= 15 is 0 Å².